The Bertz CT molecular complexity index is 367. The van der Waals surface area contributed by atoms with Crippen LogP contribution < -0.4 is 11.1 Å². The SMILES string of the molecule is Cc1n[nH]c(C)c1CNCC(C)(C)C(N)=O.Cl. The van der Waals surface area contributed by atoms with E-state index in [2.05, 4.69) is 15.5 Å². The molecule has 0 unspecified atom stereocenters. The number of aryl methyl sites for hydroxylation is 2. The molecule has 0 aliphatic rings. The number of amides is 1. The average molecular weight is 261 g/mol. The van der Waals surface area contributed by atoms with E-state index in [0.717, 1.165) is 17.0 Å². The Morgan fingerprint density at radius 1 is 1.47 bits per heavy atom. The maximum Gasteiger partial charge on any atom is 0.224 e. The van der Waals surface area contributed by atoms with Gasteiger partial charge in [0.05, 0.1) is 11.1 Å². The summed E-state index contributed by atoms with van der Waals surface area (Å²) < 4.78 is 0. The number of nitrogens with two attached hydrogens (primary N) is 1. The normalized spacial score (nSPS) is 11.1. The van der Waals surface area contributed by atoms with Gasteiger partial charge in [-0.3, -0.25) is 9.89 Å². The van der Waals surface area contributed by atoms with E-state index in [1.165, 1.54) is 0 Å². The molecule has 1 rings (SSSR count). The van der Waals surface area contributed by atoms with Gasteiger partial charge in [0.15, 0.2) is 0 Å². The number of aromatic nitrogens is 2. The molecule has 0 fully saturated rings. The molecule has 0 aromatic carbocycles. The molecule has 1 heterocycles. The maximum absolute atomic E-state index is 11.1. The lowest BCUT2D eigenvalue weighted by molar-refractivity contribution is -0.125. The third-order valence-electron chi connectivity index (χ3n) is 2.82. The van der Waals surface area contributed by atoms with Crippen LogP contribution in [0, 0.1) is 19.3 Å². The molecule has 6 heteroatoms. The first-order valence-electron chi connectivity index (χ1n) is 5.35. The summed E-state index contributed by atoms with van der Waals surface area (Å²) >= 11 is 0. The van der Waals surface area contributed by atoms with Gasteiger partial charge in [-0.25, -0.2) is 0 Å². The number of aromatic amines is 1. The van der Waals surface area contributed by atoms with Crippen molar-refractivity contribution in [2.45, 2.75) is 34.2 Å². The van der Waals surface area contributed by atoms with E-state index in [1.54, 1.807) is 0 Å². The van der Waals surface area contributed by atoms with Crippen LogP contribution in [0.5, 0.6) is 0 Å². The molecule has 0 saturated heterocycles. The number of primary amides is 1. The predicted octanol–water partition coefficient (Wildman–Crippen LogP) is 1.05. The summed E-state index contributed by atoms with van der Waals surface area (Å²) in [6.07, 6.45) is 0. The van der Waals surface area contributed by atoms with Crippen LogP contribution in [0.15, 0.2) is 0 Å². The highest BCUT2D eigenvalue weighted by Crippen LogP contribution is 2.13. The van der Waals surface area contributed by atoms with E-state index >= 15 is 0 Å². The number of rotatable bonds is 5. The summed E-state index contributed by atoms with van der Waals surface area (Å²) in [4.78, 5) is 11.1. The van der Waals surface area contributed by atoms with Crippen molar-refractivity contribution in [1.82, 2.24) is 15.5 Å². The van der Waals surface area contributed by atoms with Crippen molar-refractivity contribution < 1.29 is 4.79 Å². The highest BCUT2D eigenvalue weighted by molar-refractivity contribution is 5.85. The van der Waals surface area contributed by atoms with Crippen molar-refractivity contribution >= 4 is 18.3 Å². The number of carbonyl (C=O) groups is 1. The number of hydrogen-bond acceptors (Lipinski definition) is 3. The first-order valence-corrected chi connectivity index (χ1v) is 5.35. The van der Waals surface area contributed by atoms with E-state index in [9.17, 15) is 4.79 Å². The van der Waals surface area contributed by atoms with Gasteiger partial charge in [-0.1, -0.05) is 0 Å². The number of nitrogens with zero attached hydrogens (tertiary/aromatic N) is 1. The van der Waals surface area contributed by atoms with Gasteiger partial charge in [-0.2, -0.15) is 5.10 Å². The Kier molecular flexibility index (Phi) is 5.64. The molecule has 98 valence electrons. The van der Waals surface area contributed by atoms with Crippen molar-refractivity contribution in [2.24, 2.45) is 11.1 Å². The number of H-pyrrole nitrogens is 1. The fourth-order valence-electron chi connectivity index (χ4n) is 1.42. The Morgan fingerprint density at radius 3 is 2.47 bits per heavy atom. The molecule has 0 bridgehead atoms. The Morgan fingerprint density at radius 2 is 2.06 bits per heavy atom. The van der Waals surface area contributed by atoms with Gasteiger partial charge in [0.2, 0.25) is 5.91 Å². The van der Waals surface area contributed by atoms with Crippen molar-refractivity contribution in [3.05, 3.63) is 17.0 Å². The largest absolute Gasteiger partial charge is 0.369 e. The second-order valence-corrected chi connectivity index (χ2v) is 4.76. The molecule has 5 nitrogen and oxygen atoms in total. The van der Waals surface area contributed by atoms with Crippen LogP contribution in [0.2, 0.25) is 0 Å². The second kappa shape index (κ2) is 6.02. The smallest absolute Gasteiger partial charge is 0.224 e. The zero-order chi connectivity index (χ0) is 12.3. The highest BCUT2D eigenvalue weighted by atomic mass is 35.5. The second-order valence-electron chi connectivity index (χ2n) is 4.76. The topological polar surface area (TPSA) is 83.8 Å². The zero-order valence-electron chi connectivity index (χ0n) is 10.8. The van der Waals surface area contributed by atoms with Crippen LogP contribution in [0.1, 0.15) is 30.8 Å². The van der Waals surface area contributed by atoms with Crippen molar-refractivity contribution in [3.8, 4) is 0 Å². The van der Waals surface area contributed by atoms with E-state index in [1.807, 2.05) is 27.7 Å². The molecule has 1 aromatic heterocycles. The van der Waals surface area contributed by atoms with E-state index in [4.69, 9.17) is 5.73 Å². The number of nitrogens with one attached hydrogen (secondary N) is 2. The molecule has 0 aliphatic carbocycles. The van der Waals surface area contributed by atoms with Crippen molar-refractivity contribution in [3.63, 3.8) is 0 Å². The third kappa shape index (κ3) is 4.02. The monoisotopic (exact) mass is 260 g/mol. The number of carbonyl (C=O) groups excluding carboxylic acids is 1. The fraction of sp³-hybridized carbons (Fsp3) is 0.636. The predicted molar refractivity (Wildman–Crippen MR) is 70.0 cm³/mol. The summed E-state index contributed by atoms with van der Waals surface area (Å²) in [6, 6.07) is 0. The average Bonchev–Trinajstić information content (AvgIpc) is 2.48. The first-order chi connectivity index (χ1) is 7.34. The lowest BCUT2D eigenvalue weighted by atomic mass is 9.93. The quantitative estimate of drug-likeness (QED) is 0.740. The zero-order valence-corrected chi connectivity index (χ0v) is 11.6. The van der Waals surface area contributed by atoms with Crippen LogP contribution in [0.25, 0.3) is 0 Å². The summed E-state index contributed by atoms with van der Waals surface area (Å²) in [5, 5.41) is 10.3. The standard InChI is InChI=1S/C11H20N4O.ClH/c1-7-9(8(2)15-14-7)5-13-6-11(3,4)10(12)16;/h13H,5-6H2,1-4H3,(H2,12,16)(H,14,15);1H. The first kappa shape index (κ1) is 15.9. The highest BCUT2D eigenvalue weighted by Gasteiger charge is 2.24. The van der Waals surface area contributed by atoms with Crippen LogP contribution in [0.4, 0.5) is 0 Å². The van der Waals surface area contributed by atoms with Gasteiger partial charge in [-0.05, 0) is 27.7 Å². The molecule has 0 spiro atoms. The van der Waals surface area contributed by atoms with Gasteiger partial charge >= 0.3 is 0 Å². The fourth-order valence-corrected chi connectivity index (χ4v) is 1.42. The van der Waals surface area contributed by atoms with E-state index in [-0.39, 0.29) is 18.3 Å². The molecule has 0 radical (unpaired) electrons. The minimum atomic E-state index is -0.522. The van der Waals surface area contributed by atoms with Gasteiger partial charge in [0.1, 0.15) is 0 Å². The van der Waals surface area contributed by atoms with Crippen molar-refractivity contribution in [1.29, 1.82) is 0 Å². The summed E-state index contributed by atoms with van der Waals surface area (Å²) in [6.45, 7) is 8.86. The molecule has 0 atom stereocenters. The summed E-state index contributed by atoms with van der Waals surface area (Å²) in [7, 11) is 0. The van der Waals surface area contributed by atoms with Crippen LogP contribution >= 0.6 is 12.4 Å². The maximum atomic E-state index is 11.1. The molecule has 0 aliphatic heterocycles. The molecule has 17 heavy (non-hydrogen) atoms. The van der Waals surface area contributed by atoms with Crippen LogP contribution in [-0.4, -0.2) is 22.6 Å². The third-order valence-corrected chi connectivity index (χ3v) is 2.82. The molecule has 1 amide bonds. The van der Waals surface area contributed by atoms with Gasteiger partial charge in [-0.15, -0.1) is 12.4 Å². The molecular formula is C11H21ClN4O. The Hall–Kier alpha value is -1.07. The molecular weight excluding hydrogens is 240 g/mol. The van der Waals surface area contributed by atoms with Gasteiger partial charge in [0.25, 0.3) is 0 Å². The summed E-state index contributed by atoms with van der Waals surface area (Å²) in [5.41, 5.74) is 7.97. The Labute approximate surface area is 108 Å². The lowest BCUT2D eigenvalue weighted by Crippen LogP contribution is -2.40. The minimum Gasteiger partial charge on any atom is -0.369 e. The van der Waals surface area contributed by atoms with Gasteiger partial charge < -0.3 is 11.1 Å². The van der Waals surface area contributed by atoms with Gasteiger partial charge in [0, 0.05) is 24.3 Å². The minimum absolute atomic E-state index is 0. The number of hydrogen-bond donors (Lipinski definition) is 3. The number of halogens is 1. The summed E-state index contributed by atoms with van der Waals surface area (Å²) in [5.74, 6) is -0.291. The molecule has 4 N–H and O–H groups in total. The Balaban J connectivity index is 0.00000256. The van der Waals surface area contributed by atoms with Crippen LogP contribution in [-0.2, 0) is 11.3 Å². The molecule has 0 saturated carbocycles. The van der Waals surface area contributed by atoms with Crippen LogP contribution in [0.3, 0.4) is 0 Å². The van der Waals surface area contributed by atoms with E-state index in [0.29, 0.717) is 13.1 Å². The van der Waals surface area contributed by atoms with Crippen molar-refractivity contribution in [2.75, 3.05) is 6.54 Å². The lowest BCUT2D eigenvalue weighted by Gasteiger charge is -2.20. The van der Waals surface area contributed by atoms with E-state index < -0.39 is 5.41 Å². The molecule has 1 aromatic rings.